The van der Waals surface area contributed by atoms with E-state index in [0.717, 1.165) is 39.0 Å². The van der Waals surface area contributed by atoms with Gasteiger partial charge in [0, 0.05) is 20.1 Å². The third-order valence-electron chi connectivity index (χ3n) is 3.58. The van der Waals surface area contributed by atoms with Crippen LogP contribution in [-0.2, 0) is 7.05 Å². The van der Waals surface area contributed by atoms with Crippen molar-refractivity contribution in [3.63, 3.8) is 0 Å². The Morgan fingerprint density at radius 1 is 1.53 bits per heavy atom. The van der Waals surface area contributed by atoms with Crippen molar-refractivity contribution in [2.24, 2.45) is 13.0 Å². The smallest absolute Gasteiger partial charge is 0.330 e. The molecule has 2 rings (SSSR count). The van der Waals surface area contributed by atoms with Gasteiger partial charge in [0.15, 0.2) is 0 Å². The second-order valence-corrected chi connectivity index (χ2v) is 5.01. The summed E-state index contributed by atoms with van der Waals surface area (Å²) in [4.78, 5) is 12.7. The van der Waals surface area contributed by atoms with Gasteiger partial charge in [-0.2, -0.15) is 0 Å². The molecule has 1 aliphatic heterocycles. The van der Waals surface area contributed by atoms with Crippen molar-refractivity contribution in [1.82, 2.24) is 15.1 Å². The number of nitro groups is 1. The Morgan fingerprint density at radius 3 is 2.79 bits per heavy atom. The zero-order valence-corrected chi connectivity index (χ0v) is 11.5. The molecule has 1 N–H and O–H groups in total. The summed E-state index contributed by atoms with van der Waals surface area (Å²) in [6.07, 6.45) is 3.58. The third-order valence-corrected chi connectivity index (χ3v) is 3.58. The number of piperidine rings is 1. The van der Waals surface area contributed by atoms with Crippen molar-refractivity contribution in [3.05, 3.63) is 16.3 Å². The van der Waals surface area contributed by atoms with Gasteiger partial charge >= 0.3 is 5.69 Å². The molecule has 1 aromatic heterocycles. The highest BCUT2D eigenvalue weighted by atomic mass is 16.6. The fourth-order valence-corrected chi connectivity index (χ4v) is 2.52. The van der Waals surface area contributed by atoms with Gasteiger partial charge in [-0.3, -0.25) is 14.8 Å². The number of aromatic nitrogens is 2. The molecular formula is C12H21N5O2. The van der Waals surface area contributed by atoms with E-state index in [4.69, 9.17) is 0 Å². The molecule has 0 unspecified atom stereocenters. The summed E-state index contributed by atoms with van der Waals surface area (Å²) in [5.41, 5.74) is 0.104. The number of aryl methyl sites for hydroxylation is 1. The van der Waals surface area contributed by atoms with Gasteiger partial charge in [0.25, 0.3) is 0 Å². The van der Waals surface area contributed by atoms with Crippen molar-refractivity contribution >= 4 is 11.5 Å². The number of hydrogen-bond acceptors (Lipinski definition) is 5. The van der Waals surface area contributed by atoms with E-state index in [1.807, 2.05) is 4.90 Å². The van der Waals surface area contributed by atoms with E-state index in [9.17, 15) is 10.1 Å². The van der Waals surface area contributed by atoms with Crippen LogP contribution in [0.15, 0.2) is 6.20 Å². The molecule has 0 atom stereocenters. The SMILES string of the molecule is CCNCC1CCN(c2nn(C)cc2[N+](=O)[O-])CC1. The quantitative estimate of drug-likeness (QED) is 0.640. The summed E-state index contributed by atoms with van der Waals surface area (Å²) < 4.78 is 1.51. The minimum Gasteiger partial charge on any atom is -0.349 e. The topological polar surface area (TPSA) is 76.2 Å². The Labute approximate surface area is 112 Å². The number of nitrogens with zero attached hydrogens (tertiary/aromatic N) is 4. The van der Waals surface area contributed by atoms with E-state index in [2.05, 4.69) is 17.3 Å². The average molecular weight is 267 g/mol. The van der Waals surface area contributed by atoms with E-state index >= 15 is 0 Å². The molecule has 0 amide bonds. The molecule has 0 spiro atoms. The van der Waals surface area contributed by atoms with Crippen LogP contribution in [-0.4, -0.2) is 40.9 Å². The first-order valence-corrected chi connectivity index (χ1v) is 6.75. The van der Waals surface area contributed by atoms with Gasteiger partial charge in [-0.15, -0.1) is 5.10 Å². The molecule has 0 aromatic carbocycles. The van der Waals surface area contributed by atoms with E-state index in [1.54, 1.807) is 7.05 Å². The highest BCUT2D eigenvalue weighted by molar-refractivity contribution is 5.56. The summed E-state index contributed by atoms with van der Waals surface area (Å²) in [7, 11) is 1.72. The van der Waals surface area contributed by atoms with Crippen molar-refractivity contribution in [2.75, 3.05) is 31.1 Å². The first kappa shape index (κ1) is 13.8. The minimum absolute atomic E-state index is 0.104. The number of nitrogens with one attached hydrogen (secondary N) is 1. The van der Waals surface area contributed by atoms with Crippen molar-refractivity contribution < 1.29 is 4.92 Å². The summed E-state index contributed by atoms with van der Waals surface area (Å²) >= 11 is 0. The molecule has 2 heterocycles. The Bertz CT molecular complexity index is 437. The zero-order valence-electron chi connectivity index (χ0n) is 11.5. The first-order chi connectivity index (χ1) is 9.11. The highest BCUT2D eigenvalue weighted by Gasteiger charge is 2.27. The van der Waals surface area contributed by atoms with Gasteiger partial charge in [-0.1, -0.05) is 6.92 Å². The van der Waals surface area contributed by atoms with Gasteiger partial charge < -0.3 is 10.2 Å². The van der Waals surface area contributed by atoms with Crippen molar-refractivity contribution in [2.45, 2.75) is 19.8 Å². The second-order valence-electron chi connectivity index (χ2n) is 5.01. The van der Waals surface area contributed by atoms with Crippen LogP contribution in [0.2, 0.25) is 0 Å². The first-order valence-electron chi connectivity index (χ1n) is 6.75. The summed E-state index contributed by atoms with van der Waals surface area (Å²) in [5.74, 6) is 1.17. The van der Waals surface area contributed by atoms with Gasteiger partial charge in [-0.25, -0.2) is 0 Å². The van der Waals surface area contributed by atoms with E-state index in [-0.39, 0.29) is 10.6 Å². The summed E-state index contributed by atoms with van der Waals surface area (Å²) in [5, 5.41) is 18.6. The summed E-state index contributed by atoms with van der Waals surface area (Å²) in [6.45, 7) is 5.81. The molecule has 1 saturated heterocycles. The predicted octanol–water partition coefficient (Wildman–Crippen LogP) is 1.15. The van der Waals surface area contributed by atoms with Gasteiger partial charge in [0.1, 0.15) is 6.20 Å². The average Bonchev–Trinajstić information content (AvgIpc) is 2.79. The van der Waals surface area contributed by atoms with Crippen molar-refractivity contribution in [1.29, 1.82) is 0 Å². The predicted molar refractivity (Wildman–Crippen MR) is 73.3 cm³/mol. The molecule has 1 aromatic rings. The second kappa shape index (κ2) is 6.01. The number of anilines is 1. The molecule has 0 bridgehead atoms. The third kappa shape index (κ3) is 3.23. The Morgan fingerprint density at radius 2 is 2.21 bits per heavy atom. The maximum Gasteiger partial charge on any atom is 0.330 e. The molecule has 1 aliphatic rings. The molecule has 1 fully saturated rings. The molecule has 19 heavy (non-hydrogen) atoms. The van der Waals surface area contributed by atoms with Crippen LogP contribution in [0.4, 0.5) is 11.5 Å². The van der Waals surface area contributed by atoms with E-state index < -0.39 is 0 Å². The molecule has 7 nitrogen and oxygen atoms in total. The normalized spacial score (nSPS) is 16.8. The fourth-order valence-electron chi connectivity index (χ4n) is 2.52. The standard InChI is InChI=1S/C12H21N5O2/c1-3-13-8-10-4-6-16(7-5-10)12-11(17(18)19)9-15(2)14-12/h9-10,13H,3-8H2,1-2H3. The molecule has 0 aliphatic carbocycles. The maximum atomic E-state index is 11.0. The number of hydrogen-bond donors (Lipinski definition) is 1. The van der Waals surface area contributed by atoms with E-state index in [1.165, 1.54) is 10.9 Å². The lowest BCUT2D eigenvalue weighted by Gasteiger charge is -2.31. The van der Waals surface area contributed by atoms with Crippen LogP contribution in [0, 0.1) is 16.0 Å². The lowest BCUT2D eigenvalue weighted by Crippen LogP contribution is -2.37. The number of rotatable bonds is 5. The van der Waals surface area contributed by atoms with Crippen LogP contribution in [0.25, 0.3) is 0 Å². The molecular weight excluding hydrogens is 246 g/mol. The minimum atomic E-state index is -0.354. The maximum absolute atomic E-state index is 11.0. The van der Waals surface area contributed by atoms with Gasteiger partial charge in [0.2, 0.25) is 5.82 Å². The van der Waals surface area contributed by atoms with Crippen LogP contribution >= 0.6 is 0 Å². The van der Waals surface area contributed by atoms with E-state index in [0.29, 0.717) is 11.7 Å². The largest absolute Gasteiger partial charge is 0.349 e. The zero-order chi connectivity index (χ0) is 13.8. The molecule has 106 valence electrons. The fraction of sp³-hybridized carbons (Fsp3) is 0.750. The molecule has 0 saturated carbocycles. The monoisotopic (exact) mass is 267 g/mol. The van der Waals surface area contributed by atoms with Crippen molar-refractivity contribution in [3.8, 4) is 0 Å². The van der Waals surface area contributed by atoms with Crippen LogP contribution < -0.4 is 10.2 Å². The Kier molecular flexibility index (Phi) is 4.36. The Hall–Kier alpha value is -1.63. The van der Waals surface area contributed by atoms with Crippen LogP contribution in [0.1, 0.15) is 19.8 Å². The van der Waals surface area contributed by atoms with Gasteiger partial charge in [0.05, 0.1) is 4.92 Å². The van der Waals surface area contributed by atoms with Crippen LogP contribution in [0.3, 0.4) is 0 Å². The van der Waals surface area contributed by atoms with Gasteiger partial charge in [-0.05, 0) is 31.8 Å². The lowest BCUT2D eigenvalue weighted by atomic mass is 9.97. The molecule has 0 radical (unpaired) electrons. The summed E-state index contributed by atoms with van der Waals surface area (Å²) in [6, 6.07) is 0. The molecule has 7 heteroatoms. The lowest BCUT2D eigenvalue weighted by molar-refractivity contribution is -0.384. The van der Waals surface area contributed by atoms with Crippen LogP contribution in [0.5, 0.6) is 0 Å². The Balaban J connectivity index is 1.99. The highest BCUT2D eigenvalue weighted by Crippen LogP contribution is 2.29.